The fourth-order valence-electron chi connectivity index (χ4n) is 2.69. The lowest BCUT2D eigenvalue weighted by atomic mass is 10.1. The molecule has 0 fully saturated rings. The molecule has 0 bridgehead atoms. The van der Waals surface area contributed by atoms with Crippen molar-refractivity contribution in [1.29, 1.82) is 0 Å². The maximum absolute atomic E-state index is 3.51. The summed E-state index contributed by atoms with van der Waals surface area (Å²) in [5.41, 5.74) is 3.71. The quantitative estimate of drug-likeness (QED) is 0.549. The van der Waals surface area contributed by atoms with Crippen molar-refractivity contribution >= 4 is 27.7 Å². The standard InChI is InChI=1S/C17H14BrN2S.BrH/c18-14-8-6-13(7-9-14)16-12-19-10-11-21-17(19)20(16)15-4-2-1-3-5-15;/h1-9,12H,10-11H2;1H/q+1;/p-1. The number of imidazole rings is 1. The zero-order chi connectivity index (χ0) is 14.2. The molecule has 2 aromatic carbocycles. The molecule has 0 aliphatic carbocycles. The van der Waals surface area contributed by atoms with Crippen LogP contribution in [-0.2, 0) is 6.54 Å². The van der Waals surface area contributed by atoms with Gasteiger partial charge in [0.25, 0.3) is 0 Å². The maximum Gasteiger partial charge on any atom is 0.323 e. The molecule has 1 aromatic heterocycles. The summed E-state index contributed by atoms with van der Waals surface area (Å²) in [6.07, 6.45) is 2.27. The highest BCUT2D eigenvalue weighted by Crippen LogP contribution is 2.31. The zero-order valence-corrected chi connectivity index (χ0v) is 15.7. The van der Waals surface area contributed by atoms with E-state index in [4.69, 9.17) is 0 Å². The van der Waals surface area contributed by atoms with Crippen LogP contribution < -0.4 is 21.5 Å². The number of hydrogen-bond acceptors (Lipinski definition) is 1. The predicted octanol–water partition coefficient (Wildman–Crippen LogP) is 1.30. The topological polar surface area (TPSA) is 8.81 Å². The van der Waals surface area contributed by atoms with E-state index >= 15 is 0 Å². The molecule has 2 nitrogen and oxygen atoms in total. The van der Waals surface area contributed by atoms with E-state index in [1.807, 2.05) is 11.8 Å². The molecule has 0 N–H and O–H groups in total. The number of benzene rings is 2. The van der Waals surface area contributed by atoms with E-state index in [0.717, 1.165) is 16.8 Å². The molecule has 0 saturated heterocycles. The van der Waals surface area contributed by atoms with Crippen LogP contribution in [0.2, 0.25) is 0 Å². The SMILES string of the molecule is Brc1ccc(-c2c[n+]3c(n2-c2ccccc2)SCC3)cc1.[Br-]. The molecule has 5 heteroatoms. The summed E-state index contributed by atoms with van der Waals surface area (Å²) < 4.78 is 5.83. The number of halogens is 2. The highest BCUT2D eigenvalue weighted by molar-refractivity contribution is 9.10. The molecule has 0 atom stereocenters. The van der Waals surface area contributed by atoms with Gasteiger partial charge in [-0.1, -0.05) is 34.1 Å². The fourth-order valence-corrected chi connectivity index (χ4v) is 4.06. The van der Waals surface area contributed by atoms with Crippen LogP contribution in [0.3, 0.4) is 0 Å². The van der Waals surface area contributed by atoms with Gasteiger partial charge in [0.1, 0.15) is 18.4 Å². The molecule has 0 radical (unpaired) electrons. The second kappa shape index (κ2) is 6.60. The molecular weight excluding hydrogens is 424 g/mol. The van der Waals surface area contributed by atoms with Crippen molar-refractivity contribution < 1.29 is 21.5 Å². The molecule has 1 aliphatic heterocycles. The van der Waals surface area contributed by atoms with E-state index in [1.165, 1.54) is 22.1 Å². The third-order valence-electron chi connectivity index (χ3n) is 3.67. The number of hydrogen-bond donors (Lipinski definition) is 0. The third-order valence-corrected chi connectivity index (χ3v) is 5.26. The Bertz CT molecular complexity index is 782. The second-order valence-electron chi connectivity index (χ2n) is 5.02. The first kappa shape index (κ1) is 15.8. The molecule has 0 saturated carbocycles. The van der Waals surface area contributed by atoms with Crippen molar-refractivity contribution in [3.8, 4) is 16.9 Å². The Morgan fingerprint density at radius 1 is 1.00 bits per heavy atom. The highest BCUT2D eigenvalue weighted by atomic mass is 79.9. The van der Waals surface area contributed by atoms with Crippen molar-refractivity contribution in [2.45, 2.75) is 11.7 Å². The Balaban J connectivity index is 0.00000144. The van der Waals surface area contributed by atoms with Crippen molar-refractivity contribution in [3.05, 3.63) is 65.3 Å². The molecule has 4 rings (SSSR count). The molecule has 1 aliphatic rings. The molecule has 2 heterocycles. The van der Waals surface area contributed by atoms with Crippen molar-refractivity contribution in [2.24, 2.45) is 0 Å². The summed E-state index contributed by atoms with van der Waals surface area (Å²) in [6.45, 7) is 1.09. The lowest BCUT2D eigenvalue weighted by Gasteiger charge is -2.03. The number of para-hydroxylation sites is 1. The monoisotopic (exact) mass is 436 g/mol. The zero-order valence-electron chi connectivity index (χ0n) is 11.7. The smallest absolute Gasteiger partial charge is 0.323 e. The van der Waals surface area contributed by atoms with Gasteiger partial charge in [-0.2, -0.15) is 4.57 Å². The molecule has 0 spiro atoms. The lowest BCUT2D eigenvalue weighted by molar-refractivity contribution is -0.723. The van der Waals surface area contributed by atoms with E-state index in [1.54, 1.807) is 0 Å². The van der Waals surface area contributed by atoms with E-state index in [0.29, 0.717) is 0 Å². The number of rotatable bonds is 2. The van der Waals surface area contributed by atoms with Crippen LogP contribution in [0, 0.1) is 0 Å². The van der Waals surface area contributed by atoms with Crippen molar-refractivity contribution in [1.82, 2.24) is 4.57 Å². The Hall–Kier alpha value is -1.04. The third kappa shape index (κ3) is 2.77. The van der Waals surface area contributed by atoms with Gasteiger partial charge >= 0.3 is 5.16 Å². The minimum absolute atomic E-state index is 0. The van der Waals surface area contributed by atoms with E-state index < -0.39 is 0 Å². The van der Waals surface area contributed by atoms with Crippen LogP contribution >= 0.6 is 27.7 Å². The minimum atomic E-state index is 0. The lowest BCUT2D eigenvalue weighted by Crippen LogP contribution is -3.00. The summed E-state index contributed by atoms with van der Waals surface area (Å²) >= 11 is 5.43. The van der Waals surface area contributed by atoms with Crippen LogP contribution in [0.25, 0.3) is 16.9 Å². The average molecular weight is 438 g/mol. The van der Waals surface area contributed by atoms with Crippen molar-refractivity contribution in [2.75, 3.05) is 5.75 Å². The van der Waals surface area contributed by atoms with E-state index in [2.05, 4.69) is 85.9 Å². The molecule has 0 amide bonds. The van der Waals surface area contributed by atoms with Crippen molar-refractivity contribution in [3.63, 3.8) is 0 Å². The van der Waals surface area contributed by atoms with E-state index in [-0.39, 0.29) is 17.0 Å². The van der Waals surface area contributed by atoms with Crippen LogP contribution in [0.1, 0.15) is 0 Å². The van der Waals surface area contributed by atoms with E-state index in [9.17, 15) is 0 Å². The van der Waals surface area contributed by atoms with Gasteiger partial charge in [-0.05, 0) is 48.2 Å². The first-order valence-electron chi connectivity index (χ1n) is 6.92. The fraction of sp³-hybridized carbons (Fsp3) is 0.118. The Kier molecular flexibility index (Phi) is 4.76. The van der Waals surface area contributed by atoms with Gasteiger partial charge in [-0.25, -0.2) is 4.57 Å². The molecular formula is C17H14Br2N2S. The highest BCUT2D eigenvalue weighted by Gasteiger charge is 2.30. The summed E-state index contributed by atoms with van der Waals surface area (Å²) in [4.78, 5) is 0. The molecule has 22 heavy (non-hydrogen) atoms. The van der Waals surface area contributed by atoms with Crippen LogP contribution in [0.5, 0.6) is 0 Å². The van der Waals surface area contributed by atoms with Gasteiger partial charge in [0.05, 0.1) is 0 Å². The Labute approximate surface area is 153 Å². The second-order valence-corrected chi connectivity index (χ2v) is 6.99. The summed E-state index contributed by atoms with van der Waals surface area (Å²) in [5.74, 6) is 1.16. The van der Waals surface area contributed by atoms with Gasteiger partial charge in [0, 0.05) is 15.8 Å². The van der Waals surface area contributed by atoms with Gasteiger partial charge in [-0.3, -0.25) is 0 Å². The van der Waals surface area contributed by atoms with Gasteiger partial charge in [0.15, 0.2) is 5.69 Å². The number of thioether (sulfide) groups is 1. The van der Waals surface area contributed by atoms with Crippen LogP contribution in [0.4, 0.5) is 0 Å². The number of nitrogens with zero attached hydrogens (tertiary/aromatic N) is 2. The first-order valence-corrected chi connectivity index (χ1v) is 8.70. The first-order chi connectivity index (χ1) is 10.3. The number of aryl methyl sites for hydroxylation is 1. The number of fused-ring (bicyclic) bond motifs is 1. The molecule has 0 unspecified atom stereocenters. The molecule has 3 aromatic rings. The Morgan fingerprint density at radius 3 is 2.45 bits per heavy atom. The van der Waals surface area contributed by atoms with Gasteiger partial charge in [0.2, 0.25) is 0 Å². The normalized spacial score (nSPS) is 12.8. The average Bonchev–Trinajstić information content (AvgIpc) is 3.09. The maximum atomic E-state index is 3.51. The summed E-state index contributed by atoms with van der Waals surface area (Å²) in [6, 6.07) is 19.1. The minimum Gasteiger partial charge on any atom is -1.00 e. The largest absolute Gasteiger partial charge is 1.00 e. The predicted molar refractivity (Wildman–Crippen MR) is 89.8 cm³/mol. The van der Waals surface area contributed by atoms with Crippen LogP contribution in [-0.4, -0.2) is 10.3 Å². The van der Waals surface area contributed by atoms with Gasteiger partial charge in [-0.15, -0.1) is 0 Å². The summed E-state index contributed by atoms with van der Waals surface area (Å²) in [7, 11) is 0. The summed E-state index contributed by atoms with van der Waals surface area (Å²) in [5, 5.41) is 1.32. The number of aromatic nitrogens is 2. The van der Waals surface area contributed by atoms with Gasteiger partial charge < -0.3 is 17.0 Å². The Morgan fingerprint density at radius 2 is 1.73 bits per heavy atom. The van der Waals surface area contributed by atoms with Crippen LogP contribution in [0.15, 0.2) is 70.4 Å². The molecule has 112 valence electrons.